The zero-order valence-corrected chi connectivity index (χ0v) is 12.0. The van der Waals surface area contributed by atoms with Crippen molar-refractivity contribution in [3.8, 4) is 0 Å². The SMILES string of the molecule is COC(=O)N[C@H](C(=O)NNCc1cccs1)C(C)C. The van der Waals surface area contributed by atoms with Crippen molar-refractivity contribution in [2.24, 2.45) is 5.92 Å². The van der Waals surface area contributed by atoms with Crippen molar-refractivity contribution in [2.45, 2.75) is 26.4 Å². The van der Waals surface area contributed by atoms with Crippen molar-refractivity contribution >= 4 is 23.3 Å². The van der Waals surface area contributed by atoms with E-state index in [0.717, 1.165) is 4.88 Å². The number of ether oxygens (including phenoxy) is 1. The molecule has 1 aromatic rings. The molecule has 106 valence electrons. The molecule has 0 fully saturated rings. The van der Waals surface area contributed by atoms with Crippen LogP contribution in [-0.4, -0.2) is 25.2 Å². The summed E-state index contributed by atoms with van der Waals surface area (Å²) in [6.07, 6.45) is -0.618. The summed E-state index contributed by atoms with van der Waals surface area (Å²) in [6, 6.07) is 3.28. The van der Waals surface area contributed by atoms with E-state index >= 15 is 0 Å². The van der Waals surface area contributed by atoms with Gasteiger partial charge in [0, 0.05) is 11.4 Å². The molecule has 19 heavy (non-hydrogen) atoms. The standard InChI is InChI=1S/C12H19N3O3S/c1-8(2)10(14-12(17)18-3)11(16)15-13-7-9-5-4-6-19-9/h4-6,8,10,13H,7H2,1-3H3,(H,14,17)(H,15,16)/t10-/m0/s1. The maximum absolute atomic E-state index is 11.9. The molecular formula is C12H19N3O3S. The van der Waals surface area contributed by atoms with Gasteiger partial charge in [0.25, 0.3) is 5.91 Å². The third-order valence-corrected chi connectivity index (χ3v) is 3.34. The molecule has 0 bridgehead atoms. The summed E-state index contributed by atoms with van der Waals surface area (Å²) in [5, 5.41) is 4.47. The van der Waals surface area contributed by atoms with E-state index in [9.17, 15) is 9.59 Å². The number of hydrogen-bond donors (Lipinski definition) is 3. The number of carbonyl (C=O) groups is 2. The molecule has 0 radical (unpaired) electrons. The minimum Gasteiger partial charge on any atom is -0.453 e. The highest BCUT2D eigenvalue weighted by Crippen LogP contribution is 2.07. The zero-order chi connectivity index (χ0) is 14.3. The van der Waals surface area contributed by atoms with Crippen LogP contribution in [0.25, 0.3) is 0 Å². The van der Waals surface area contributed by atoms with Crippen LogP contribution in [0.15, 0.2) is 17.5 Å². The van der Waals surface area contributed by atoms with Gasteiger partial charge in [0.1, 0.15) is 6.04 Å². The fraction of sp³-hybridized carbons (Fsp3) is 0.500. The Bertz CT molecular complexity index is 406. The van der Waals surface area contributed by atoms with Crippen molar-refractivity contribution < 1.29 is 14.3 Å². The van der Waals surface area contributed by atoms with Crippen LogP contribution >= 0.6 is 11.3 Å². The molecule has 3 N–H and O–H groups in total. The van der Waals surface area contributed by atoms with E-state index in [-0.39, 0.29) is 11.8 Å². The summed E-state index contributed by atoms with van der Waals surface area (Å²) in [4.78, 5) is 24.2. The minimum atomic E-state index is -0.636. The molecule has 0 aliphatic heterocycles. The van der Waals surface area contributed by atoms with E-state index < -0.39 is 12.1 Å². The Balaban J connectivity index is 2.41. The lowest BCUT2D eigenvalue weighted by molar-refractivity contribution is -0.125. The quantitative estimate of drug-likeness (QED) is 0.687. The van der Waals surface area contributed by atoms with E-state index in [2.05, 4.69) is 20.9 Å². The van der Waals surface area contributed by atoms with Crippen LogP contribution in [0.2, 0.25) is 0 Å². The smallest absolute Gasteiger partial charge is 0.407 e. The topological polar surface area (TPSA) is 79.5 Å². The maximum Gasteiger partial charge on any atom is 0.407 e. The number of amides is 2. The molecule has 1 atom stereocenters. The highest BCUT2D eigenvalue weighted by molar-refractivity contribution is 7.09. The number of carbonyl (C=O) groups excluding carboxylic acids is 2. The third-order valence-electron chi connectivity index (χ3n) is 2.46. The van der Waals surface area contributed by atoms with Crippen LogP contribution in [0, 0.1) is 5.92 Å². The van der Waals surface area contributed by atoms with Crippen LogP contribution < -0.4 is 16.2 Å². The Morgan fingerprint density at radius 1 is 1.42 bits per heavy atom. The Hall–Kier alpha value is -1.60. The van der Waals surface area contributed by atoms with Crippen molar-refractivity contribution in [1.29, 1.82) is 0 Å². The van der Waals surface area contributed by atoms with Gasteiger partial charge in [0.05, 0.1) is 7.11 Å². The number of rotatable bonds is 6. The van der Waals surface area contributed by atoms with E-state index in [1.54, 1.807) is 11.3 Å². The molecule has 0 unspecified atom stereocenters. The van der Waals surface area contributed by atoms with Gasteiger partial charge >= 0.3 is 6.09 Å². The first kappa shape index (κ1) is 15.5. The summed E-state index contributed by atoms with van der Waals surface area (Å²) in [5.74, 6) is -0.334. The number of alkyl carbamates (subject to hydrolysis) is 1. The molecule has 0 saturated carbocycles. The zero-order valence-electron chi connectivity index (χ0n) is 11.2. The molecule has 1 heterocycles. The predicted octanol–water partition coefficient (Wildman–Crippen LogP) is 1.25. The molecule has 1 aromatic heterocycles. The average molecular weight is 285 g/mol. The Morgan fingerprint density at radius 2 is 2.16 bits per heavy atom. The number of hydrazine groups is 1. The fourth-order valence-electron chi connectivity index (χ4n) is 1.43. The van der Waals surface area contributed by atoms with Crippen LogP contribution in [0.3, 0.4) is 0 Å². The first-order valence-corrected chi connectivity index (χ1v) is 6.82. The minimum absolute atomic E-state index is 0.0392. The first-order valence-electron chi connectivity index (χ1n) is 5.94. The average Bonchev–Trinajstić information content (AvgIpc) is 2.88. The van der Waals surface area contributed by atoms with Crippen molar-refractivity contribution in [3.63, 3.8) is 0 Å². The molecule has 2 amide bonds. The van der Waals surface area contributed by atoms with Crippen molar-refractivity contribution in [2.75, 3.05) is 7.11 Å². The Labute approximate surface area is 116 Å². The molecule has 6 nitrogen and oxygen atoms in total. The lowest BCUT2D eigenvalue weighted by Gasteiger charge is -2.20. The van der Waals surface area contributed by atoms with E-state index in [4.69, 9.17) is 0 Å². The normalized spacial score (nSPS) is 12.0. The Kier molecular flexibility index (Phi) is 6.31. The highest BCUT2D eigenvalue weighted by Gasteiger charge is 2.24. The van der Waals surface area contributed by atoms with Gasteiger partial charge in [-0.05, 0) is 17.4 Å². The van der Waals surface area contributed by atoms with Crippen LogP contribution in [0.1, 0.15) is 18.7 Å². The number of hydrogen-bond acceptors (Lipinski definition) is 5. The van der Waals surface area contributed by atoms with Crippen molar-refractivity contribution in [3.05, 3.63) is 22.4 Å². The number of methoxy groups -OCH3 is 1. The summed E-state index contributed by atoms with van der Waals surface area (Å²) in [7, 11) is 1.26. The van der Waals surface area contributed by atoms with Gasteiger partial charge in [-0.3, -0.25) is 10.2 Å². The van der Waals surface area contributed by atoms with E-state index in [1.165, 1.54) is 7.11 Å². The highest BCUT2D eigenvalue weighted by atomic mass is 32.1. The Morgan fingerprint density at radius 3 is 2.68 bits per heavy atom. The predicted molar refractivity (Wildman–Crippen MR) is 73.5 cm³/mol. The lowest BCUT2D eigenvalue weighted by Crippen LogP contribution is -2.52. The molecule has 0 aliphatic rings. The molecule has 7 heteroatoms. The van der Waals surface area contributed by atoms with Crippen LogP contribution in [0.4, 0.5) is 4.79 Å². The van der Waals surface area contributed by atoms with E-state index in [1.807, 2.05) is 31.4 Å². The molecule has 0 aromatic carbocycles. The lowest BCUT2D eigenvalue weighted by atomic mass is 10.0. The number of nitrogens with one attached hydrogen (secondary N) is 3. The summed E-state index contributed by atoms with van der Waals surface area (Å²) in [6.45, 7) is 4.24. The summed E-state index contributed by atoms with van der Waals surface area (Å²) in [5.41, 5.74) is 5.41. The van der Waals surface area contributed by atoms with Gasteiger partial charge in [-0.15, -0.1) is 11.3 Å². The molecule has 1 rings (SSSR count). The van der Waals surface area contributed by atoms with Crippen LogP contribution in [0.5, 0.6) is 0 Å². The molecule has 0 aliphatic carbocycles. The van der Waals surface area contributed by atoms with Gasteiger partial charge in [0.15, 0.2) is 0 Å². The van der Waals surface area contributed by atoms with Gasteiger partial charge < -0.3 is 10.1 Å². The fourth-order valence-corrected chi connectivity index (χ4v) is 2.07. The summed E-state index contributed by atoms with van der Waals surface area (Å²) >= 11 is 1.60. The van der Waals surface area contributed by atoms with Gasteiger partial charge in [-0.1, -0.05) is 19.9 Å². The van der Waals surface area contributed by atoms with Gasteiger partial charge in [-0.25, -0.2) is 10.2 Å². The van der Waals surface area contributed by atoms with Crippen LogP contribution in [-0.2, 0) is 16.1 Å². The third kappa shape index (κ3) is 5.27. The van der Waals surface area contributed by atoms with Gasteiger partial charge in [0.2, 0.25) is 0 Å². The van der Waals surface area contributed by atoms with Crippen molar-refractivity contribution in [1.82, 2.24) is 16.2 Å². The second-order valence-corrected chi connectivity index (χ2v) is 5.31. The number of thiophene rings is 1. The van der Waals surface area contributed by atoms with E-state index in [0.29, 0.717) is 6.54 Å². The molecule has 0 spiro atoms. The largest absolute Gasteiger partial charge is 0.453 e. The van der Waals surface area contributed by atoms with Gasteiger partial charge in [-0.2, -0.15) is 0 Å². The maximum atomic E-state index is 11.9. The summed E-state index contributed by atoms with van der Waals surface area (Å²) < 4.78 is 4.50. The second kappa shape index (κ2) is 7.75. The molecule has 0 saturated heterocycles. The second-order valence-electron chi connectivity index (χ2n) is 4.28. The molecular weight excluding hydrogens is 266 g/mol. The first-order chi connectivity index (χ1) is 9.04. The monoisotopic (exact) mass is 285 g/mol.